The number of carbonyl (C=O) groups is 1. The topological polar surface area (TPSA) is 66.3 Å². The van der Waals surface area contributed by atoms with E-state index >= 15 is 0 Å². The summed E-state index contributed by atoms with van der Waals surface area (Å²) in [6.07, 6.45) is 1.94. The number of aromatic nitrogens is 2. The first-order valence-electron chi connectivity index (χ1n) is 6.16. The lowest BCUT2D eigenvalue weighted by Gasteiger charge is -2.25. The lowest BCUT2D eigenvalue weighted by Crippen LogP contribution is -2.37. The van der Waals surface area contributed by atoms with Crippen LogP contribution < -0.4 is 0 Å². The normalized spacial score (nSPS) is 20.6. The van der Waals surface area contributed by atoms with Gasteiger partial charge < -0.3 is 10.0 Å². The Bertz CT molecular complexity index is 482. The van der Waals surface area contributed by atoms with E-state index in [1.807, 2.05) is 0 Å². The van der Waals surface area contributed by atoms with Gasteiger partial charge in [-0.3, -0.25) is 4.79 Å². The van der Waals surface area contributed by atoms with Gasteiger partial charge in [-0.2, -0.15) is 0 Å². The molecule has 7 heteroatoms. The molecule has 1 aliphatic rings. The van der Waals surface area contributed by atoms with Crippen LogP contribution >= 0.6 is 23.2 Å². The number of aliphatic hydroxyl groups excluding tert-OH is 1. The second kappa shape index (κ2) is 6.03. The van der Waals surface area contributed by atoms with Crippen LogP contribution in [0.1, 0.15) is 36.5 Å². The number of likely N-dealkylation sites (tertiary alicyclic amines) is 1. The molecule has 0 radical (unpaired) electrons. The standard InChI is InChI=1S/C12H15Cl2N3O2/c1-7(18)5-8-3-2-4-17(8)12(19)9-6-10(13)15-16-11(9)14/h6-8,18H,2-5H2,1H3. The van der Waals surface area contributed by atoms with E-state index in [9.17, 15) is 9.90 Å². The molecule has 1 fully saturated rings. The summed E-state index contributed by atoms with van der Waals surface area (Å²) in [5.74, 6) is -0.204. The van der Waals surface area contributed by atoms with Gasteiger partial charge in [0.05, 0.1) is 11.7 Å². The van der Waals surface area contributed by atoms with Gasteiger partial charge in [-0.25, -0.2) is 0 Å². The third-order valence-electron chi connectivity index (χ3n) is 3.20. The molecule has 2 atom stereocenters. The SMILES string of the molecule is CC(O)CC1CCCN1C(=O)c1cc(Cl)nnc1Cl. The molecule has 19 heavy (non-hydrogen) atoms. The van der Waals surface area contributed by atoms with Crippen molar-refractivity contribution in [3.05, 3.63) is 21.9 Å². The third-order valence-corrected chi connectivity index (χ3v) is 3.66. The minimum absolute atomic E-state index is 0.0375. The predicted octanol–water partition coefficient (Wildman–Crippen LogP) is 2.16. The number of nitrogens with zero attached hydrogens (tertiary/aromatic N) is 3. The molecule has 104 valence electrons. The lowest BCUT2D eigenvalue weighted by atomic mass is 10.1. The summed E-state index contributed by atoms with van der Waals surface area (Å²) in [7, 11) is 0. The molecule has 2 heterocycles. The largest absolute Gasteiger partial charge is 0.393 e. The number of aliphatic hydroxyl groups is 1. The maximum atomic E-state index is 12.4. The van der Waals surface area contributed by atoms with Crippen LogP contribution in [0.3, 0.4) is 0 Å². The lowest BCUT2D eigenvalue weighted by molar-refractivity contribution is 0.0681. The molecule has 1 N–H and O–H groups in total. The zero-order chi connectivity index (χ0) is 14.0. The first-order valence-corrected chi connectivity index (χ1v) is 6.92. The molecular formula is C12H15Cl2N3O2. The van der Waals surface area contributed by atoms with Gasteiger partial charge in [-0.1, -0.05) is 23.2 Å². The highest BCUT2D eigenvalue weighted by Crippen LogP contribution is 2.26. The van der Waals surface area contributed by atoms with Crippen molar-refractivity contribution >= 4 is 29.1 Å². The molecule has 1 aromatic rings. The summed E-state index contributed by atoms with van der Waals surface area (Å²) in [6.45, 7) is 2.38. The first kappa shape index (κ1) is 14.5. The van der Waals surface area contributed by atoms with Crippen molar-refractivity contribution in [3.63, 3.8) is 0 Å². The number of hydrogen-bond acceptors (Lipinski definition) is 4. The van der Waals surface area contributed by atoms with Crippen molar-refractivity contribution < 1.29 is 9.90 Å². The minimum Gasteiger partial charge on any atom is -0.393 e. The number of amides is 1. The number of carbonyl (C=O) groups excluding carboxylic acids is 1. The van der Waals surface area contributed by atoms with Crippen LogP contribution in [0.15, 0.2) is 6.07 Å². The van der Waals surface area contributed by atoms with Gasteiger partial charge in [0.25, 0.3) is 5.91 Å². The van der Waals surface area contributed by atoms with Crippen LogP contribution in [0.5, 0.6) is 0 Å². The Morgan fingerprint density at radius 3 is 3.00 bits per heavy atom. The van der Waals surface area contributed by atoms with Gasteiger partial charge in [0, 0.05) is 12.6 Å². The fourth-order valence-electron chi connectivity index (χ4n) is 2.40. The van der Waals surface area contributed by atoms with Crippen LogP contribution in [0.2, 0.25) is 10.3 Å². The highest BCUT2D eigenvalue weighted by molar-refractivity contribution is 6.34. The Labute approximate surface area is 121 Å². The molecule has 0 saturated carbocycles. The molecule has 0 spiro atoms. The number of rotatable bonds is 3. The van der Waals surface area contributed by atoms with E-state index in [1.165, 1.54) is 6.07 Å². The molecule has 0 aliphatic carbocycles. The number of halogens is 2. The molecule has 1 amide bonds. The van der Waals surface area contributed by atoms with E-state index in [0.29, 0.717) is 13.0 Å². The zero-order valence-electron chi connectivity index (χ0n) is 10.5. The van der Waals surface area contributed by atoms with Crippen LogP contribution in [0.25, 0.3) is 0 Å². The Kier molecular flexibility index (Phi) is 4.60. The zero-order valence-corrected chi connectivity index (χ0v) is 12.0. The van der Waals surface area contributed by atoms with Gasteiger partial charge in [0.2, 0.25) is 0 Å². The van der Waals surface area contributed by atoms with E-state index in [2.05, 4.69) is 10.2 Å². The molecule has 1 saturated heterocycles. The maximum Gasteiger partial charge on any atom is 0.257 e. The van der Waals surface area contributed by atoms with Crippen molar-refractivity contribution in [1.29, 1.82) is 0 Å². The molecule has 1 aliphatic heterocycles. The highest BCUT2D eigenvalue weighted by atomic mass is 35.5. The van der Waals surface area contributed by atoms with Gasteiger partial charge in [-0.05, 0) is 32.3 Å². The van der Waals surface area contributed by atoms with Gasteiger partial charge in [0.1, 0.15) is 0 Å². The van der Waals surface area contributed by atoms with Crippen molar-refractivity contribution in [2.24, 2.45) is 0 Å². The van der Waals surface area contributed by atoms with Crippen molar-refractivity contribution in [2.45, 2.75) is 38.3 Å². The fraction of sp³-hybridized carbons (Fsp3) is 0.583. The van der Waals surface area contributed by atoms with Crippen molar-refractivity contribution in [3.8, 4) is 0 Å². The summed E-state index contributed by atoms with van der Waals surface area (Å²) < 4.78 is 0. The second-order valence-electron chi connectivity index (χ2n) is 4.75. The molecule has 5 nitrogen and oxygen atoms in total. The quantitative estimate of drug-likeness (QED) is 0.929. The molecule has 2 unspecified atom stereocenters. The fourth-order valence-corrected chi connectivity index (χ4v) is 2.72. The summed E-state index contributed by atoms with van der Waals surface area (Å²) in [6, 6.07) is 1.47. The Balaban J connectivity index is 2.20. The highest BCUT2D eigenvalue weighted by Gasteiger charge is 2.31. The minimum atomic E-state index is -0.437. The summed E-state index contributed by atoms with van der Waals surface area (Å²) in [4.78, 5) is 14.2. The average Bonchev–Trinajstić information content (AvgIpc) is 2.78. The van der Waals surface area contributed by atoms with E-state index in [4.69, 9.17) is 23.2 Å². The smallest absolute Gasteiger partial charge is 0.257 e. The maximum absolute atomic E-state index is 12.4. The summed E-state index contributed by atoms with van der Waals surface area (Å²) in [5.41, 5.74) is 0.263. The summed E-state index contributed by atoms with van der Waals surface area (Å²) >= 11 is 11.6. The molecule has 2 rings (SSSR count). The Morgan fingerprint density at radius 2 is 2.32 bits per heavy atom. The number of hydrogen-bond donors (Lipinski definition) is 1. The molecule has 1 aromatic heterocycles. The second-order valence-corrected chi connectivity index (χ2v) is 5.50. The van der Waals surface area contributed by atoms with Crippen LogP contribution in [0.4, 0.5) is 0 Å². The monoisotopic (exact) mass is 303 g/mol. The van der Waals surface area contributed by atoms with E-state index in [-0.39, 0.29) is 27.8 Å². The van der Waals surface area contributed by atoms with E-state index < -0.39 is 6.10 Å². The molecule has 0 bridgehead atoms. The van der Waals surface area contributed by atoms with Gasteiger partial charge >= 0.3 is 0 Å². The van der Waals surface area contributed by atoms with Crippen molar-refractivity contribution in [2.75, 3.05) is 6.54 Å². The first-order chi connectivity index (χ1) is 8.99. The van der Waals surface area contributed by atoms with E-state index in [0.717, 1.165) is 12.8 Å². The predicted molar refractivity (Wildman–Crippen MR) is 72.4 cm³/mol. The Morgan fingerprint density at radius 1 is 1.58 bits per heavy atom. The average molecular weight is 304 g/mol. The van der Waals surface area contributed by atoms with Crippen LogP contribution in [-0.4, -0.2) is 44.8 Å². The molecular weight excluding hydrogens is 289 g/mol. The summed E-state index contributed by atoms with van der Waals surface area (Å²) in [5, 5.41) is 16.9. The molecule has 0 aromatic carbocycles. The van der Waals surface area contributed by atoms with Crippen LogP contribution in [0, 0.1) is 0 Å². The Hall–Kier alpha value is -0.910. The third kappa shape index (κ3) is 3.35. The van der Waals surface area contributed by atoms with Crippen LogP contribution in [-0.2, 0) is 0 Å². The van der Waals surface area contributed by atoms with Crippen molar-refractivity contribution in [1.82, 2.24) is 15.1 Å². The van der Waals surface area contributed by atoms with Gasteiger partial charge in [-0.15, -0.1) is 10.2 Å². The van der Waals surface area contributed by atoms with E-state index in [1.54, 1.807) is 11.8 Å². The van der Waals surface area contributed by atoms with Gasteiger partial charge in [0.15, 0.2) is 10.3 Å².